The fourth-order valence-electron chi connectivity index (χ4n) is 3.63. The number of carbonyl (C=O) groups excluding carboxylic acids is 4. The van der Waals surface area contributed by atoms with Gasteiger partial charge in [0.05, 0.1) is 7.11 Å². The predicted octanol–water partition coefficient (Wildman–Crippen LogP) is 1.54. The lowest BCUT2D eigenvalue weighted by atomic mass is 9.77. The minimum Gasteiger partial charge on any atom is -0.497 e. The van der Waals surface area contributed by atoms with Crippen LogP contribution in [0.2, 0.25) is 0 Å². The molecule has 4 amide bonds. The van der Waals surface area contributed by atoms with Crippen LogP contribution in [0.5, 0.6) is 11.5 Å². The quantitative estimate of drug-likeness (QED) is 0.494. The molecule has 168 valence electrons. The molecule has 1 aromatic rings. The van der Waals surface area contributed by atoms with E-state index in [0.717, 1.165) is 12.8 Å². The van der Waals surface area contributed by atoms with E-state index >= 15 is 0 Å². The summed E-state index contributed by atoms with van der Waals surface area (Å²) in [6, 6.07) is 5.94. The van der Waals surface area contributed by atoms with Gasteiger partial charge in [-0.2, -0.15) is 5.01 Å². The number of carbonyl (C=O) groups is 4. The summed E-state index contributed by atoms with van der Waals surface area (Å²) in [6.45, 7) is 2.92. The van der Waals surface area contributed by atoms with E-state index in [0.29, 0.717) is 35.3 Å². The summed E-state index contributed by atoms with van der Waals surface area (Å²) < 4.78 is 15.5. The first-order valence-electron chi connectivity index (χ1n) is 10.2. The number of hydrogen-bond acceptors (Lipinski definition) is 7. The highest BCUT2D eigenvalue weighted by molar-refractivity contribution is 6.08. The van der Waals surface area contributed by atoms with Gasteiger partial charge in [-0.15, -0.1) is 0 Å². The zero-order chi connectivity index (χ0) is 22.6. The van der Waals surface area contributed by atoms with Gasteiger partial charge in [0.1, 0.15) is 17.0 Å². The molecule has 1 atom stereocenters. The number of nitrogens with zero attached hydrogens (tertiary/aromatic N) is 1. The van der Waals surface area contributed by atoms with Crippen molar-refractivity contribution in [3.63, 3.8) is 0 Å². The van der Waals surface area contributed by atoms with Crippen molar-refractivity contribution < 1.29 is 33.4 Å². The molecule has 2 fully saturated rings. The van der Waals surface area contributed by atoms with Gasteiger partial charge in [0.25, 0.3) is 11.8 Å². The minimum absolute atomic E-state index is 0.432. The molecule has 31 heavy (non-hydrogen) atoms. The Balaban J connectivity index is 1.47. The van der Waals surface area contributed by atoms with Gasteiger partial charge in [0.2, 0.25) is 0 Å². The average molecular weight is 433 g/mol. The molecule has 10 nitrogen and oxygen atoms in total. The number of esters is 1. The topological polar surface area (TPSA) is 123 Å². The molecule has 3 rings (SSSR count). The number of methoxy groups -OCH3 is 1. The van der Waals surface area contributed by atoms with Crippen LogP contribution in [0.25, 0.3) is 0 Å². The van der Waals surface area contributed by atoms with Crippen LogP contribution in [0.1, 0.15) is 39.5 Å². The summed E-state index contributed by atoms with van der Waals surface area (Å²) in [5.41, 5.74) is 1.25. The van der Waals surface area contributed by atoms with Crippen molar-refractivity contribution >= 4 is 23.8 Å². The van der Waals surface area contributed by atoms with Gasteiger partial charge >= 0.3 is 12.0 Å². The fraction of sp³-hybridized carbons (Fsp3) is 0.524. The highest BCUT2D eigenvalue weighted by atomic mass is 16.6. The van der Waals surface area contributed by atoms with Crippen LogP contribution in [0.4, 0.5) is 4.79 Å². The molecule has 2 N–H and O–H groups in total. The van der Waals surface area contributed by atoms with Gasteiger partial charge in [0, 0.05) is 0 Å². The third kappa shape index (κ3) is 5.07. The first-order chi connectivity index (χ1) is 14.7. The van der Waals surface area contributed by atoms with E-state index in [1.807, 2.05) is 0 Å². The largest absolute Gasteiger partial charge is 0.497 e. The second-order valence-corrected chi connectivity index (χ2v) is 7.91. The lowest BCUT2D eigenvalue weighted by Gasteiger charge is -2.33. The van der Waals surface area contributed by atoms with Crippen molar-refractivity contribution in [2.45, 2.75) is 51.2 Å². The number of rotatable bonds is 7. The van der Waals surface area contributed by atoms with Crippen molar-refractivity contribution in [2.75, 3.05) is 13.7 Å². The molecule has 0 bridgehead atoms. The molecular weight excluding hydrogens is 406 g/mol. The third-order valence-corrected chi connectivity index (χ3v) is 5.58. The van der Waals surface area contributed by atoms with Gasteiger partial charge in [-0.3, -0.25) is 15.0 Å². The molecule has 1 spiro atoms. The maximum atomic E-state index is 12.7. The van der Waals surface area contributed by atoms with Crippen molar-refractivity contribution in [3.05, 3.63) is 24.3 Å². The van der Waals surface area contributed by atoms with Gasteiger partial charge in [0.15, 0.2) is 12.7 Å². The average Bonchev–Trinajstić information content (AvgIpc) is 2.98. The Morgan fingerprint density at radius 3 is 2.42 bits per heavy atom. The fourth-order valence-corrected chi connectivity index (χ4v) is 3.63. The molecule has 0 aromatic heterocycles. The number of amides is 4. The second kappa shape index (κ2) is 9.23. The highest BCUT2D eigenvalue weighted by Gasteiger charge is 2.52. The van der Waals surface area contributed by atoms with Gasteiger partial charge in [-0.05, 0) is 62.8 Å². The summed E-state index contributed by atoms with van der Waals surface area (Å²) in [4.78, 5) is 49.2. The standard InChI is InChI=1S/C21H27N3O7/c1-13-8-10-21(11-9-13)19(27)24(20(28)22-21)23-17(25)12-30-18(26)14(2)31-16-6-4-15(29-3)5-7-16/h4-7,13-14H,8-12H2,1-3H3,(H,22,28)(H,23,25). The molecule has 1 aliphatic heterocycles. The van der Waals surface area contributed by atoms with E-state index in [1.165, 1.54) is 14.0 Å². The number of benzene rings is 1. The Morgan fingerprint density at radius 1 is 1.19 bits per heavy atom. The minimum atomic E-state index is -0.967. The lowest BCUT2D eigenvalue weighted by Crippen LogP contribution is -2.52. The van der Waals surface area contributed by atoms with E-state index in [1.54, 1.807) is 24.3 Å². The van der Waals surface area contributed by atoms with Crippen LogP contribution in [0, 0.1) is 5.92 Å². The molecule has 1 saturated heterocycles. The molecule has 0 radical (unpaired) electrons. The van der Waals surface area contributed by atoms with Gasteiger partial charge in [-0.25, -0.2) is 9.59 Å². The Kier molecular flexibility index (Phi) is 6.67. The molecule has 10 heteroatoms. The van der Waals surface area contributed by atoms with Crippen LogP contribution in [0.3, 0.4) is 0 Å². The Hall–Kier alpha value is -3.30. The van der Waals surface area contributed by atoms with Crippen molar-refractivity contribution in [2.24, 2.45) is 5.92 Å². The van der Waals surface area contributed by atoms with E-state index in [-0.39, 0.29) is 0 Å². The SMILES string of the molecule is COc1ccc(OC(C)C(=O)OCC(=O)NN2C(=O)NC3(CCC(C)CC3)C2=O)cc1. The van der Waals surface area contributed by atoms with Crippen LogP contribution in [-0.2, 0) is 19.1 Å². The molecule has 1 heterocycles. The van der Waals surface area contributed by atoms with E-state index in [2.05, 4.69) is 17.7 Å². The van der Waals surface area contributed by atoms with E-state index in [9.17, 15) is 19.2 Å². The van der Waals surface area contributed by atoms with Crippen molar-refractivity contribution in [3.8, 4) is 11.5 Å². The Bertz CT molecular complexity index is 847. The molecule has 1 saturated carbocycles. The maximum absolute atomic E-state index is 12.7. The van der Waals surface area contributed by atoms with Crippen LogP contribution < -0.4 is 20.2 Å². The molecular formula is C21H27N3O7. The summed E-state index contributed by atoms with van der Waals surface area (Å²) in [5, 5.41) is 3.37. The molecule has 1 aromatic carbocycles. The Labute approximate surface area is 180 Å². The van der Waals surface area contributed by atoms with E-state index < -0.39 is 42.1 Å². The van der Waals surface area contributed by atoms with Crippen LogP contribution in [0.15, 0.2) is 24.3 Å². The zero-order valence-corrected chi connectivity index (χ0v) is 17.8. The molecule has 1 aliphatic carbocycles. The number of hydrogen-bond donors (Lipinski definition) is 2. The van der Waals surface area contributed by atoms with Crippen LogP contribution in [-0.4, -0.2) is 54.2 Å². The number of nitrogens with one attached hydrogen (secondary N) is 2. The summed E-state index contributed by atoms with van der Waals surface area (Å²) in [6.07, 6.45) is 1.72. The van der Waals surface area contributed by atoms with E-state index in [4.69, 9.17) is 14.2 Å². The first-order valence-corrected chi connectivity index (χ1v) is 10.2. The normalized spacial score (nSPS) is 23.8. The summed E-state index contributed by atoms with van der Waals surface area (Å²) >= 11 is 0. The summed E-state index contributed by atoms with van der Waals surface area (Å²) in [7, 11) is 1.54. The first kappa shape index (κ1) is 22.4. The number of hydrazine groups is 1. The lowest BCUT2D eigenvalue weighted by molar-refractivity contribution is -0.156. The van der Waals surface area contributed by atoms with Gasteiger partial charge in [-0.1, -0.05) is 6.92 Å². The highest BCUT2D eigenvalue weighted by Crippen LogP contribution is 2.35. The maximum Gasteiger partial charge on any atom is 0.347 e. The number of urea groups is 1. The van der Waals surface area contributed by atoms with Gasteiger partial charge < -0.3 is 19.5 Å². The summed E-state index contributed by atoms with van der Waals surface area (Å²) in [5.74, 6) is -0.484. The van der Waals surface area contributed by atoms with Crippen LogP contribution >= 0.6 is 0 Å². The second-order valence-electron chi connectivity index (χ2n) is 7.91. The number of imide groups is 1. The monoisotopic (exact) mass is 433 g/mol. The zero-order valence-electron chi connectivity index (χ0n) is 17.8. The molecule has 2 aliphatic rings. The smallest absolute Gasteiger partial charge is 0.347 e. The van der Waals surface area contributed by atoms with Crippen molar-refractivity contribution in [1.82, 2.24) is 15.8 Å². The third-order valence-electron chi connectivity index (χ3n) is 5.58. The molecule has 1 unspecified atom stereocenters. The number of ether oxygens (including phenoxy) is 3. The van der Waals surface area contributed by atoms with Crippen molar-refractivity contribution in [1.29, 1.82) is 0 Å². The Morgan fingerprint density at radius 2 is 1.81 bits per heavy atom. The predicted molar refractivity (Wildman–Crippen MR) is 108 cm³/mol.